The first kappa shape index (κ1) is 16.1. The molecule has 1 aliphatic heterocycles. The third-order valence-corrected chi connectivity index (χ3v) is 4.86. The molecule has 23 heavy (non-hydrogen) atoms. The highest BCUT2D eigenvalue weighted by Crippen LogP contribution is 2.19. The standard InChI is InChI=1S/C17H27N5O/c1-2-22-13-15(10-19-22)12-21-8-7-14(11-21)9-18-17(23)20-16-5-3-4-6-16/h2,10,13-14,16H,1,3-9,11-12H2,(H2,18,20,23)/t14-/m0/s1. The molecule has 0 spiro atoms. The summed E-state index contributed by atoms with van der Waals surface area (Å²) in [6.45, 7) is 7.50. The Morgan fingerprint density at radius 3 is 2.96 bits per heavy atom. The van der Waals surface area contributed by atoms with Gasteiger partial charge in [0, 0.05) is 43.6 Å². The summed E-state index contributed by atoms with van der Waals surface area (Å²) in [5.74, 6) is 0.541. The minimum absolute atomic E-state index is 0.00242. The number of amides is 2. The van der Waals surface area contributed by atoms with Crippen molar-refractivity contribution in [1.82, 2.24) is 25.3 Å². The molecule has 2 amide bonds. The van der Waals surface area contributed by atoms with E-state index in [1.807, 2.05) is 12.4 Å². The van der Waals surface area contributed by atoms with Crippen LogP contribution in [0.4, 0.5) is 4.79 Å². The third kappa shape index (κ3) is 4.58. The molecule has 6 heteroatoms. The summed E-state index contributed by atoms with van der Waals surface area (Å²) in [6.07, 6.45) is 11.5. The highest BCUT2D eigenvalue weighted by molar-refractivity contribution is 5.74. The maximum atomic E-state index is 11.9. The first-order chi connectivity index (χ1) is 11.2. The number of nitrogens with one attached hydrogen (secondary N) is 2. The van der Waals surface area contributed by atoms with E-state index in [2.05, 4.69) is 27.2 Å². The minimum atomic E-state index is 0.00242. The van der Waals surface area contributed by atoms with Gasteiger partial charge in [-0.15, -0.1) is 0 Å². The number of rotatable bonds is 6. The second-order valence-electron chi connectivity index (χ2n) is 6.74. The SMILES string of the molecule is C=Cn1cc(CN2CC[C@@H](CNC(=O)NC3CCCC3)C2)cn1. The van der Waals surface area contributed by atoms with Gasteiger partial charge in [-0.2, -0.15) is 5.10 Å². The molecule has 126 valence electrons. The van der Waals surface area contributed by atoms with Crippen LogP contribution >= 0.6 is 0 Å². The van der Waals surface area contributed by atoms with Gasteiger partial charge in [0.25, 0.3) is 0 Å². The maximum absolute atomic E-state index is 11.9. The van der Waals surface area contributed by atoms with E-state index in [-0.39, 0.29) is 6.03 Å². The number of urea groups is 1. The van der Waals surface area contributed by atoms with Crippen LogP contribution in [0.3, 0.4) is 0 Å². The third-order valence-electron chi connectivity index (χ3n) is 4.86. The fourth-order valence-electron chi connectivity index (χ4n) is 3.58. The highest BCUT2D eigenvalue weighted by Gasteiger charge is 2.24. The molecule has 0 bridgehead atoms. The average Bonchev–Trinajstić information content (AvgIpc) is 3.27. The van der Waals surface area contributed by atoms with E-state index in [1.165, 1.54) is 18.4 Å². The topological polar surface area (TPSA) is 62.2 Å². The fraction of sp³-hybridized carbons (Fsp3) is 0.647. The van der Waals surface area contributed by atoms with Crippen molar-refractivity contribution in [3.8, 4) is 0 Å². The Kier molecular flexibility index (Phi) is 5.33. The van der Waals surface area contributed by atoms with E-state index in [9.17, 15) is 4.79 Å². The Hall–Kier alpha value is -1.82. The highest BCUT2D eigenvalue weighted by atomic mass is 16.2. The number of aromatic nitrogens is 2. The number of carbonyl (C=O) groups excluding carboxylic acids is 1. The van der Waals surface area contributed by atoms with E-state index in [1.54, 1.807) is 10.9 Å². The van der Waals surface area contributed by atoms with Gasteiger partial charge in [-0.05, 0) is 31.7 Å². The molecule has 1 aliphatic carbocycles. The van der Waals surface area contributed by atoms with Gasteiger partial charge in [0.05, 0.1) is 6.20 Å². The predicted octanol–water partition coefficient (Wildman–Crippen LogP) is 2.05. The summed E-state index contributed by atoms with van der Waals surface area (Å²) in [6, 6.07) is 0.388. The van der Waals surface area contributed by atoms with Gasteiger partial charge < -0.3 is 10.6 Å². The normalized spacial score (nSPS) is 22.3. The second kappa shape index (κ2) is 7.64. The van der Waals surface area contributed by atoms with Crippen molar-refractivity contribution < 1.29 is 4.79 Å². The van der Waals surface area contributed by atoms with Crippen molar-refractivity contribution in [3.63, 3.8) is 0 Å². The second-order valence-corrected chi connectivity index (χ2v) is 6.74. The number of hydrogen-bond acceptors (Lipinski definition) is 3. The van der Waals surface area contributed by atoms with Crippen LogP contribution in [0.5, 0.6) is 0 Å². The molecule has 6 nitrogen and oxygen atoms in total. The number of likely N-dealkylation sites (tertiary alicyclic amines) is 1. The minimum Gasteiger partial charge on any atom is -0.338 e. The fourth-order valence-corrected chi connectivity index (χ4v) is 3.58. The zero-order chi connectivity index (χ0) is 16.1. The summed E-state index contributed by atoms with van der Waals surface area (Å²) < 4.78 is 1.73. The lowest BCUT2D eigenvalue weighted by molar-refractivity contribution is 0.234. The van der Waals surface area contributed by atoms with Crippen molar-refractivity contribution in [2.75, 3.05) is 19.6 Å². The Labute approximate surface area is 137 Å². The lowest BCUT2D eigenvalue weighted by Gasteiger charge is -2.17. The van der Waals surface area contributed by atoms with Gasteiger partial charge in [0.2, 0.25) is 0 Å². The van der Waals surface area contributed by atoms with Crippen molar-refractivity contribution in [2.24, 2.45) is 5.92 Å². The smallest absolute Gasteiger partial charge is 0.315 e. The number of hydrogen-bond donors (Lipinski definition) is 2. The molecule has 0 radical (unpaired) electrons. The summed E-state index contributed by atoms with van der Waals surface area (Å²) in [4.78, 5) is 14.3. The maximum Gasteiger partial charge on any atom is 0.315 e. The number of nitrogens with zero attached hydrogens (tertiary/aromatic N) is 3. The van der Waals surface area contributed by atoms with Crippen molar-refractivity contribution in [2.45, 2.75) is 44.7 Å². The monoisotopic (exact) mass is 317 g/mol. The summed E-state index contributed by atoms with van der Waals surface area (Å²) in [5, 5.41) is 10.3. The molecule has 3 rings (SSSR count). The lowest BCUT2D eigenvalue weighted by atomic mass is 10.1. The van der Waals surface area contributed by atoms with E-state index >= 15 is 0 Å². The van der Waals surface area contributed by atoms with Gasteiger partial charge in [0.15, 0.2) is 0 Å². The van der Waals surface area contributed by atoms with E-state index in [0.717, 1.165) is 45.4 Å². The predicted molar refractivity (Wildman–Crippen MR) is 90.8 cm³/mol. The van der Waals surface area contributed by atoms with Crippen molar-refractivity contribution in [1.29, 1.82) is 0 Å². The summed E-state index contributed by atoms with van der Waals surface area (Å²) in [5.41, 5.74) is 1.21. The molecule has 0 aromatic carbocycles. The summed E-state index contributed by atoms with van der Waals surface area (Å²) in [7, 11) is 0. The van der Waals surface area contributed by atoms with Gasteiger partial charge in [0.1, 0.15) is 0 Å². The zero-order valence-electron chi connectivity index (χ0n) is 13.7. The molecule has 2 N–H and O–H groups in total. The molecule has 1 aromatic rings. The van der Waals surface area contributed by atoms with Crippen LogP contribution in [0.1, 0.15) is 37.7 Å². The lowest BCUT2D eigenvalue weighted by Crippen LogP contribution is -2.42. The Bertz CT molecular complexity index is 535. The molecule has 0 unspecified atom stereocenters. The van der Waals surface area contributed by atoms with Crippen LogP contribution in [0.15, 0.2) is 19.0 Å². The molecule has 1 aromatic heterocycles. The van der Waals surface area contributed by atoms with Crippen LogP contribution in [0.2, 0.25) is 0 Å². The molecular weight excluding hydrogens is 290 g/mol. The molecule has 1 atom stereocenters. The molecule has 2 heterocycles. The van der Waals surface area contributed by atoms with E-state index in [4.69, 9.17) is 0 Å². The van der Waals surface area contributed by atoms with Gasteiger partial charge in [-0.3, -0.25) is 4.90 Å². The van der Waals surface area contributed by atoms with E-state index < -0.39 is 0 Å². The molecule has 2 fully saturated rings. The van der Waals surface area contributed by atoms with Crippen LogP contribution in [0, 0.1) is 5.92 Å². The first-order valence-corrected chi connectivity index (χ1v) is 8.65. The Morgan fingerprint density at radius 1 is 1.39 bits per heavy atom. The quantitative estimate of drug-likeness (QED) is 0.844. The zero-order valence-corrected chi connectivity index (χ0v) is 13.7. The largest absolute Gasteiger partial charge is 0.338 e. The summed E-state index contributed by atoms with van der Waals surface area (Å²) >= 11 is 0. The van der Waals surface area contributed by atoms with Crippen LogP contribution in [-0.2, 0) is 6.54 Å². The molecule has 2 aliphatic rings. The van der Waals surface area contributed by atoms with Crippen LogP contribution in [-0.4, -0.2) is 46.4 Å². The van der Waals surface area contributed by atoms with E-state index in [0.29, 0.717) is 12.0 Å². The molecular formula is C17H27N5O. The Morgan fingerprint density at radius 2 is 2.22 bits per heavy atom. The van der Waals surface area contributed by atoms with Gasteiger partial charge in [-0.1, -0.05) is 19.4 Å². The van der Waals surface area contributed by atoms with Gasteiger partial charge >= 0.3 is 6.03 Å². The van der Waals surface area contributed by atoms with Crippen molar-refractivity contribution in [3.05, 3.63) is 24.5 Å². The van der Waals surface area contributed by atoms with Crippen LogP contribution < -0.4 is 10.6 Å². The molecule has 1 saturated carbocycles. The average molecular weight is 317 g/mol. The number of carbonyl (C=O) groups is 1. The van der Waals surface area contributed by atoms with Crippen LogP contribution in [0.25, 0.3) is 6.20 Å². The molecule has 1 saturated heterocycles. The van der Waals surface area contributed by atoms with Gasteiger partial charge in [-0.25, -0.2) is 9.48 Å². The Balaban J connectivity index is 1.36. The first-order valence-electron chi connectivity index (χ1n) is 8.65. The van der Waals surface area contributed by atoms with Crippen molar-refractivity contribution >= 4 is 12.2 Å².